The zero-order valence-electron chi connectivity index (χ0n) is 21.5. The number of aromatic nitrogens is 1. The van der Waals surface area contributed by atoms with Gasteiger partial charge in [0.2, 0.25) is 5.91 Å². The van der Waals surface area contributed by atoms with E-state index >= 15 is 0 Å². The van der Waals surface area contributed by atoms with Crippen LogP contribution in [0, 0.1) is 5.92 Å². The van der Waals surface area contributed by atoms with Crippen molar-refractivity contribution in [1.82, 2.24) is 15.0 Å². The number of piperidine rings is 1. The van der Waals surface area contributed by atoms with Crippen LogP contribution < -0.4 is 4.74 Å². The summed E-state index contributed by atoms with van der Waals surface area (Å²) in [6.07, 6.45) is 3.34. The fraction of sp³-hybridized carbons (Fsp3) is 0.556. The average molecular weight is 514 g/mol. The van der Waals surface area contributed by atoms with Crippen molar-refractivity contribution < 1.29 is 33.1 Å². The second-order valence-electron chi connectivity index (χ2n) is 9.38. The lowest BCUT2D eigenvalue weighted by Gasteiger charge is -2.32. The monoisotopic (exact) mass is 513 g/mol. The molecule has 0 N–H and O–H groups in total. The summed E-state index contributed by atoms with van der Waals surface area (Å²) in [5.74, 6) is 0.165. The van der Waals surface area contributed by atoms with Crippen LogP contribution in [0.2, 0.25) is 0 Å². The van der Waals surface area contributed by atoms with Crippen molar-refractivity contribution in [3.63, 3.8) is 0 Å². The maximum Gasteiger partial charge on any atom is 0.310 e. The molecule has 10 nitrogen and oxygen atoms in total. The second kappa shape index (κ2) is 12.7. The number of carbonyl (C=O) groups excluding carboxylic acids is 3. The Kier molecular flexibility index (Phi) is 9.16. The van der Waals surface area contributed by atoms with Crippen molar-refractivity contribution in [2.24, 2.45) is 5.92 Å². The molecule has 4 rings (SSSR count). The predicted octanol–water partition coefficient (Wildman–Crippen LogP) is 3.16. The molecule has 2 unspecified atom stereocenters. The van der Waals surface area contributed by atoms with Crippen LogP contribution in [0.4, 0.5) is 0 Å². The molecule has 2 atom stereocenters. The van der Waals surface area contributed by atoms with Gasteiger partial charge in [-0.15, -0.1) is 0 Å². The van der Waals surface area contributed by atoms with Crippen LogP contribution in [0.3, 0.4) is 0 Å². The highest BCUT2D eigenvalue weighted by Gasteiger charge is 2.31. The number of carbonyl (C=O) groups is 3. The Morgan fingerprint density at radius 1 is 1.19 bits per heavy atom. The van der Waals surface area contributed by atoms with Gasteiger partial charge in [0.1, 0.15) is 5.75 Å². The van der Waals surface area contributed by atoms with Crippen molar-refractivity contribution in [1.29, 1.82) is 0 Å². The highest BCUT2D eigenvalue weighted by molar-refractivity contribution is 5.93. The summed E-state index contributed by atoms with van der Waals surface area (Å²) in [5.41, 5.74) is 0.914. The van der Waals surface area contributed by atoms with Gasteiger partial charge in [0, 0.05) is 50.8 Å². The van der Waals surface area contributed by atoms with Crippen molar-refractivity contribution in [3.05, 3.63) is 36.0 Å². The molecule has 0 spiro atoms. The number of methoxy groups -OCH3 is 1. The predicted molar refractivity (Wildman–Crippen MR) is 134 cm³/mol. The van der Waals surface area contributed by atoms with E-state index in [4.69, 9.17) is 18.7 Å². The number of esters is 1. The van der Waals surface area contributed by atoms with E-state index < -0.39 is 0 Å². The number of likely N-dealkylation sites (tertiary alicyclic amines) is 1. The Labute approximate surface area is 216 Å². The van der Waals surface area contributed by atoms with E-state index in [1.807, 2.05) is 18.2 Å². The second-order valence-corrected chi connectivity index (χ2v) is 9.38. The Morgan fingerprint density at radius 2 is 2.05 bits per heavy atom. The van der Waals surface area contributed by atoms with Crippen LogP contribution in [-0.4, -0.2) is 85.3 Å². The van der Waals surface area contributed by atoms with Crippen molar-refractivity contribution in [2.45, 2.75) is 45.1 Å². The lowest BCUT2D eigenvalue weighted by molar-refractivity contribution is -0.151. The van der Waals surface area contributed by atoms with E-state index in [1.165, 1.54) is 0 Å². The van der Waals surface area contributed by atoms with Crippen LogP contribution in [-0.2, 0) is 19.1 Å². The minimum atomic E-state index is -0.316. The lowest BCUT2D eigenvalue weighted by atomic mass is 9.98. The summed E-state index contributed by atoms with van der Waals surface area (Å²) >= 11 is 0. The van der Waals surface area contributed by atoms with Crippen LogP contribution in [0.15, 0.2) is 34.9 Å². The first kappa shape index (κ1) is 26.7. The molecule has 2 fully saturated rings. The molecule has 3 heterocycles. The molecule has 2 amide bonds. The number of rotatable bonds is 10. The number of ether oxygens (including phenoxy) is 3. The normalized spacial score (nSPS) is 19.5. The number of hydrogen-bond donors (Lipinski definition) is 0. The first-order chi connectivity index (χ1) is 18.0. The van der Waals surface area contributed by atoms with E-state index in [9.17, 15) is 14.4 Å². The van der Waals surface area contributed by atoms with Gasteiger partial charge in [0.05, 0.1) is 25.7 Å². The lowest BCUT2D eigenvalue weighted by Crippen LogP contribution is -2.45. The Morgan fingerprint density at radius 3 is 2.81 bits per heavy atom. The summed E-state index contributed by atoms with van der Waals surface area (Å²) in [5, 5.41) is 4.01. The van der Waals surface area contributed by atoms with E-state index in [2.05, 4.69) is 5.16 Å². The van der Waals surface area contributed by atoms with E-state index in [0.717, 1.165) is 24.8 Å². The summed E-state index contributed by atoms with van der Waals surface area (Å²) in [4.78, 5) is 42.0. The molecular formula is C27H35N3O7. The highest BCUT2D eigenvalue weighted by Crippen LogP contribution is 2.25. The fourth-order valence-corrected chi connectivity index (χ4v) is 4.81. The molecule has 0 radical (unpaired) electrons. The van der Waals surface area contributed by atoms with Crippen LogP contribution >= 0.6 is 0 Å². The minimum Gasteiger partial charge on any atom is -0.497 e. The molecule has 1 aromatic carbocycles. The Hall–Kier alpha value is -3.40. The molecular weight excluding hydrogens is 478 g/mol. The third kappa shape index (κ3) is 6.88. The van der Waals surface area contributed by atoms with Gasteiger partial charge in [-0.2, -0.15) is 0 Å². The minimum absolute atomic E-state index is 0.0769. The number of benzene rings is 1. The standard InChI is InChI=1S/C27H35N3O7/c1-3-35-27(33)20-8-5-12-29(17-20)25(31)11-13-30(18-22-10-6-14-36-22)26(32)23-16-24(37-28-23)19-7-4-9-21(15-19)34-2/h4,7,9,15-16,20,22H,3,5-6,8,10-14,17-18H2,1-2H3. The number of hydrogen-bond acceptors (Lipinski definition) is 8. The number of amides is 2. The SMILES string of the molecule is CCOC(=O)C1CCCN(C(=O)CCN(CC2CCCO2)C(=O)c2cc(-c3cccc(OC)c3)on2)C1. The van der Waals surface area contributed by atoms with Gasteiger partial charge in [0.25, 0.3) is 5.91 Å². The Bertz CT molecular complexity index is 1080. The van der Waals surface area contributed by atoms with Crippen LogP contribution in [0.5, 0.6) is 5.75 Å². The smallest absolute Gasteiger partial charge is 0.310 e. The molecule has 2 aromatic rings. The Balaban J connectivity index is 1.42. The molecule has 2 aliphatic heterocycles. The van der Waals surface area contributed by atoms with E-state index in [-0.39, 0.29) is 48.5 Å². The summed E-state index contributed by atoms with van der Waals surface area (Å²) in [6.45, 7) is 4.31. The first-order valence-corrected chi connectivity index (χ1v) is 12.9. The molecule has 200 valence electrons. The third-order valence-corrected chi connectivity index (χ3v) is 6.81. The van der Waals surface area contributed by atoms with Crippen molar-refractivity contribution >= 4 is 17.8 Å². The van der Waals surface area contributed by atoms with E-state index in [0.29, 0.717) is 50.8 Å². The molecule has 0 bridgehead atoms. The van der Waals surface area contributed by atoms with Gasteiger partial charge in [-0.25, -0.2) is 0 Å². The summed E-state index contributed by atoms with van der Waals surface area (Å²) < 4.78 is 21.6. The maximum atomic E-state index is 13.4. The van der Waals surface area contributed by atoms with Gasteiger partial charge >= 0.3 is 5.97 Å². The zero-order valence-corrected chi connectivity index (χ0v) is 21.5. The molecule has 1 aromatic heterocycles. The van der Waals surface area contributed by atoms with Gasteiger partial charge in [-0.3, -0.25) is 14.4 Å². The summed E-state index contributed by atoms with van der Waals surface area (Å²) in [6, 6.07) is 8.92. The molecule has 10 heteroatoms. The van der Waals surface area contributed by atoms with E-state index in [1.54, 1.807) is 36.0 Å². The van der Waals surface area contributed by atoms with Gasteiger partial charge in [-0.1, -0.05) is 17.3 Å². The van der Waals surface area contributed by atoms with Gasteiger partial charge < -0.3 is 28.5 Å². The highest BCUT2D eigenvalue weighted by atomic mass is 16.5. The molecule has 2 aliphatic rings. The fourth-order valence-electron chi connectivity index (χ4n) is 4.81. The van der Waals surface area contributed by atoms with Crippen LogP contribution in [0.25, 0.3) is 11.3 Å². The molecule has 2 saturated heterocycles. The first-order valence-electron chi connectivity index (χ1n) is 12.9. The van der Waals surface area contributed by atoms with Crippen molar-refractivity contribution in [2.75, 3.05) is 46.5 Å². The molecule has 0 aliphatic carbocycles. The zero-order chi connectivity index (χ0) is 26.2. The third-order valence-electron chi connectivity index (χ3n) is 6.81. The molecule has 37 heavy (non-hydrogen) atoms. The largest absolute Gasteiger partial charge is 0.497 e. The van der Waals surface area contributed by atoms with Crippen LogP contribution in [0.1, 0.15) is 49.5 Å². The summed E-state index contributed by atoms with van der Waals surface area (Å²) in [7, 11) is 1.58. The van der Waals surface area contributed by atoms with Gasteiger partial charge in [0.15, 0.2) is 11.5 Å². The average Bonchev–Trinajstić information content (AvgIpc) is 3.63. The quantitative estimate of drug-likeness (QED) is 0.446. The maximum absolute atomic E-state index is 13.4. The van der Waals surface area contributed by atoms with Gasteiger partial charge in [-0.05, 0) is 44.7 Å². The molecule has 0 saturated carbocycles. The van der Waals surface area contributed by atoms with Crippen molar-refractivity contribution in [3.8, 4) is 17.1 Å². The topological polar surface area (TPSA) is 111 Å². The number of nitrogens with zero attached hydrogens (tertiary/aromatic N) is 3.